The molecule has 0 saturated carbocycles. The van der Waals surface area contributed by atoms with Gasteiger partial charge in [-0.25, -0.2) is 0 Å². The molecule has 0 spiro atoms. The Morgan fingerprint density at radius 1 is 1.29 bits per heavy atom. The van der Waals surface area contributed by atoms with E-state index in [1.54, 1.807) is 6.26 Å². The summed E-state index contributed by atoms with van der Waals surface area (Å²) in [5.74, 6) is 0.931. The maximum atomic E-state index is 5.50. The predicted molar refractivity (Wildman–Crippen MR) is 67.9 cm³/mol. The van der Waals surface area contributed by atoms with Crippen LogP contribution in [0.5, 0.6) is 0 Å². The highest BCUT2D eigenvalue weighted by Crippen LogP contribution is 2.24. The third-order valence-electron chi connectivity index (χ3n) is 2.81. The first-order valence-electron chi connectivity index (χ1n) is 5.93. The van der Waals surface area contributed by atoms with Gasteiger partial charge in [0.1, 0.15) is 5.76 Å². The number of nitrogens with zero attached hydrogens (tertiary/aromatic N) is 1. The number of hydrogen-bond donors (Lipinski definition) is 1. The highest BCUT2D eigenvalue weighted by Gasteiger charge is 2.18. The van der Waals surface area contributed by atoms with E-state index < -0.39 is 0 Å². The van der Waals surface area contributed by atoms with Gasteiger partial charge in [0.15, 0.2) is 0 Å². The Morgan fingerprint density at radius 2 is 2.12 bits per heavy atom. The minimum Gasteiger partial charge on any atom is -0.467 e. The molecule has 0 bridgehead atoms. The molecule has 2 rings (SSSR count). The lowest BCUT2D eigenvalue weighted by molar-refractivity contribution is 0.450. The van der Waals surface area contributed by atoms with Crippen molar-refractivity contribution in [3.05, 3.63) is 53.2 Å². The third-order valence-corrected chi connectivity index (χ3v) is 2.81. The zero-order valence-corrected chi connectivity index (χ0v) is 10.5. The predicted octanol–water partition coefficient (Wildman–Crippen LogP) is 2.99. The zero-order valence-electron chi connectivity index (χ0n) is 10.5. The lowest BCUT2D eigenvalue weighted by Gasteiger charge is -2.17. The number of furan rings is 1. The Morgan fingerprint density at radius 3 is 2.71 bits per heavy atom. The first-order chi connectivity index (χ1) is 8.22. The maximum Gasteiger partial charge on any atom is 0.125 e. The topological polar surface area (TPSA) is 38.1 Å². The highest BCUT2D eigenvalue weighted by atomic mass is 16.3. The summed E-state index contributed by atoms with van der Waals surface area (Å²) in [6.07, 6.45) is 1.70. The fourth-order valence-corrected chi connectivity index (χ4v) is 2.03. The van der Waals surface area contributed by atoms with Crippen molar-refractivity contribution < 1.29 is 4.42 Å². The van der Waals surface area contributed by atoms with E-state index in [0.29, 0.717) is 0 Å². The second-order valence-electron chi connectivity index (χ2n) is 4.13. The summed E-state index contributed by atoms with van der Waals surface area (Å²) in [6, 6.07) is 8.15. The molecule has 3 heteroatoms. The molecule has 0 aliphatic carbocycles. The van der Waals surface area contributed by atoms with Crippen LogP contribution in [0.15, 0.2) is 34.9 Å². The van der Waals surface area contributed by atoms with Crippen LogP contribution in [0.2, 0.25) is 0 Å². The Hall–Kier alpha value is -1.61. The van der Waals surface area contributed by atoms with Crippen LogP contribution >= 0.6 is 0 Å². The van der Waals surface area contributed by atoms with Gasteiger partial charge in [-0.2, -0.15) is 0 Å². The van der Waals surface area contributed by atoms with Crippen LogP contribution in [0.3, 0.4) is 0 Å². The summed E-state index contributed by atoms with van der Waals surface area (Å²) in [7, 11) is 0. The Bertz CT molecular complexity index is 477. The van der Waals surface area contributed by atoms with E-state index in [9.17, 15) is 0 Å². The minimum absolute atomic E-state index is 0.0862. The van der Waals surface area contributed by atoms with Gasteiger partial charge in [-0.15, -0.1) is 0 Å². The molecule has 0 fully saturated rings. The minimum atomic E-state index is 0.0862. The maximum absolute atomic E-state index is 5.50. The fourth-order valence-electron chi connectivity index (χ4n) is 2.03. The quantitative estimate of drug-likeness (QED) is 0.877. The lowest BCUT2D eigenvalue weighted by atomic mass is 10.0. The zero-order chi connectivity index (χ0) is 12.3. The molecule has 1 unspecified atom stereocenters. The SMILES string of the molecule is CCNC(c1ccco1)c1ccc(C)nc1C. The summed E-state index contributed by atoms with van der Waals surface area (Å²) in [5.41, 5.74) is 3.26. The van der Waals surface area contributed by atoms with Gasteiger partial charge in [0.25, 0.3) is 0 Å². The molecule has 1 N–H and O–H groups in total. The van der Waals surface area contributed by atoms with Gasteiger partial charge >= 0.3 is 0 Å². The first-order valence-corrected chi connectivity index (χ1v) is 5.93. The van der Waals surface area contributed by atoms with E-state index in [1.807, 2.05) is 32.0 Å². The van der Waals surface area contributed by atoms with Crippen molar-refractivity contribution in [3.8, 4) is 0 Å². The summed E-state index contributed by atoms with van der Waals surface area (Å²) < 4.78 is 5.50. The van der Waals surface area contributed by atoms with E-state index in [-0.39, 0.29) is 6.04 Å². The molecule has 1 atom stereocenters. The van der Waals surface area contributed by atoms with Gasteiger partial charge in [-0.05, 0) is 44.2 Å². The summed E-state index contributed by atoms with van der Waals surface area (Å²) in [4.78, 5) is 4.50. The standard InChI is InChI=1S/C14H18N2O/c1-4-15-14(13-6-5-9-17-13)12-8-7-10(2)16-11(12)3/h5-9,14-15H,4H2,1-3H3. The van der Waals surface area contributed by atoms with Crippen LogP contribution in [0.1, 0.15) is 35.7 Å². The van der Waals surface area contributed by atoms with E-state index >= 15 is 0 Å². The van der Waals surface area contributed by atoms with Gasteiger partial charge in [-0.1, -0.05) is 13.0 Å². The van der Waals surface area contributed by atoms with E-state index in [1.165, 1.54) is 5.56 Å². The smallest absolute Gasteiger partial charge is 0.125 e. The molecule has 0 saturated heterocycles. The second-order valence-corrected chi connectivity index (χ2v) is 4.13. The van der Waals surface area contributed by atoms with Crippen molar-refractivity contribution in [1.29, 1.82) is 0 Å². The number of aromatic nitrogens is 1. The molecule has 17 heavy (non-hydrogen) atoms. The summed E-state index contributed by atoms with van der Waals surface area (Å²) in [6.45, 7) is 7.02. The molecule has 3 nitrogen and oxygen atoms in total. The third kappa shape index (κ3) is 2.56. The molecule has 0 aromatic carbocycles. The molecule has 2 heterocycles. The normalized spacial score (nSPS) is 12.6. The van der Waals surface area contributed by atoms with Gasteiger partial charge in [0.2, 0.25) is 0 Å². The fraction of sp³-hybridized carbons (Fsp3) is 0.357. The summed E-state index contributed by atoms with van der Waals surface area (Å²) >= 11 is 0. The molecule has 90 valence electrons. The van der Waals surface area contributed by atoms with Crippen molar-refractivity contribution in [2.75, 3.05) is 6.54 Å². The van der Waals surface area contributed by atoms with E-state index in [2.05, 4.69) is 23.3 Å². The number of rotatable bonds is 4. The lowest BCUT2D eigenvalue weighted by Crippen LogP contribution is -2.22. The Kier molecular flexibility index (Phi) is 3.59. The number of hydrogen-bond acceptors (Lipinski definition) is 3. The Labute approximate surface area is 102 Å². The van der Waals surface area contributed by atoms with Crippen molar-refractivity contribution in [2.45, 2.75) is 26.8 Å². The van der Waals surface area contributed by atoms with Gasteiger partial charge < -0.3 is 9.73 Å². The van der Waals surface area contributed by atoms with Crippen LogP contribution in [0, 0.1) is 13.8 Å². The number of pyridine rings is 1. The van der Waals surface area contributed by atoms with Crippen LogP contribution in [0.4, 0.5) is 0 Å². The van der Waals surface area contributed by atoms with Gasteiger partial charge in [-0.3, -0.25) is 4.98 Å². The van der Waals surface area contributed by atoms with Crippen LogP contribution < -0.4 is 5.32 Å². The average molecular weight is 230 g/mol. The highest BCUT2D eigenvalue weighted by molar-refractivity contribution is 5.30. The van der Waals surface area contributed by atoms with Crippen LogP contribution in [-0.4, -0.2) is 11.5 Å². The average Bonchev–Trinajstić information content (AvgIpc) is 2.80. The molecule has 2 aromatic rings. The Balaban J connectivity index is 2.39. The van der Waals surface area contributed by atoms with Crippen LogP contribution in [-0.2, 0) is 0 Å². The van der Waals surface area contributed by atoms with Crippen molar-refractivity contribution in [1.82, 2.24) is 10.3 Å². The molecule has 0 aliphatic rings. The number of nitrogens with one attached hydrogen (secondary N) is 1. The van der Waals surface area contributed by atoms with Crippen molar-refractivity contribution in [3.63, 3.8) is 0 Å². The van der Waals surface area contributed by atoms with Crippen LogP contribution in [0.25, 0.3) is 0 Å². The van der Waals surface area contributed by atoms with E-state index in [0.717, 1.165) is 23.7 Å². The molecular formula is C14H18N2O. The summed E-state index contributed by atoms with van der Waals surface area (Å²) in [5, 5.41) is 3.43. The monoisotopic (exact) mass is 230 g/mol. The largest absolute Gasteiger partial charge is 0.467 e. The molecule has 2 aromatic heterocycles. The second kappa shape index (κ2) is 5.15. The number of aryl methyl sites for hydroxylation is 2. The molecule has 0 aliphatic heterocycles. The molecular weight excluding hydrogens is 212 g/mol. The first kappa shape index (κ1) is 11.9. The molecule has 0 radical (unpaired) electrons. The van der Waals surface area contributed by atoms with E-state index in [4.69, 9.17) is 4.42 Å². The van der Waals surface area contributed by atoms with Gasteiger partial charge in [0.05, 0.1) is 12.3 Å². The molecule has 0 amide bonds. The van der Waals surface area contributed by atoms with Crippen molar-refractivity contribution in [2.24, 2.45) is 0 Å². The van der Waals surface area contributed by atoms with Crippen molar-refractivity contribution >= 4 is 0 Å². The van der Waals surface area contributed by atoms with Gasteiger partial charge in [0, 0.05) is 11.4 Å².